The quantitative estimate of drug-likeness (QED) is 0.365. The number of likely N-dealkylation sites (tertiary alicyclic amines) is 3. The number of benzene rings is 2. The summed E-state index contributed by atoms with van der Waals surface area (Å²) >= 11 is 0. The van der Waals surface area contributed by atoms with E-state index in [-0.39, 0.29) is 30.8 Å². The van der Waals surface area contributed by atoms with Crippen LogP contribution in [0.25, 0.3) is 0 Å². The lowest BCUT2D eigenvalue weighted by atomic mass is 9.97. The van der Waals surface area contributed by atoms with Crippen LogP contribution in [-0.2, 0) is 31.8 Å². The molecule has 5 aliphatic rings. The number of rotatable bonds is 8. The van der Waals surface area contributed by atoms with Crippen molar-refractivity contribution in [1.82, 2.24) is 19.6 Å². The molecule has 0 saturated carbocycles. The Hall–Kier alpha value is -4.07. The van der Waals surface area contributed by atoms with Gasteiger partial charge in [-0.15, -0.1) is 0 Å². The third-order valence-electron chi connectivity index (χ3n) is 11.5. The minimum absolute atomic E-state index is 0.0220. The van der Waals surface area contributed by atoms with Gasteiger partial charge < -0.3 is 49.8 Å². The Bertz CT molecular complexity index is 1570. The van der Waals surface area contributed by atoms with E-state index >= 15 is 0 Å². The van der Waals surface area contributed by atoms with E-state index in [4.69, 9.17) is 14.2 Å². The summed E-state index contributed by atoms with van der Waals surface area (Å²) in [7, 11) is 3.43. The first-order valence-corrected chi connectivity index (χ1v) is 18.7. The van der Waals surface area contributed by atoms with E-state index in [0.717, 1.165) is 78.9 Å². The molecule has 0 aliphatic carbocycles. The third-order valence-corrected chi connectivity index (χ3v) is 11.5. The fourth-order valence-corrected chi connectivity index (χ4v) is 8.53. The summed E-state index contributed by atoms with van der Waals surface area (Å²) in [6.07, 6.45) is 4.81. The monoisotopic (exact) mass is 703 g/mol. The smallest absolute Gasteiger partial charge is 0.410 e. The number of amides is 4. The van der Waals surface area contributed by atoms with E-state index in [1.54, 1.807) is 19.1 Å². The van der Waals surface area contributed by atoms with Gasteiger partial charge in [-0.3, -0.25) is 4.79 Å². The average Bonchev–Trinajstić information content (AvgIpc) is 3.51. The zero-order valence-corrected chi connectivity index (χ0v) is 30.2. The predicted molar refractivity (Wildman–Crippen MR) is 195 cm³/mol. The van der Waals surface area contributed by atoms with Crippen molar-refractivity contribution in [2.45, 2.75) is 88.9 Å². The Labute approximate surface area is 300 Å². The van der Waals surface area contributed by atoms with Crippen LogP contribution >= 0.6 is 0 Å². The molecule has 2 aromatic carbocycles. The number of methoxy groups -OCH3 is 2. The lowest BCUT2D eigenvalue weighted by Gasteiger charge is -2.42. The fourth-order valence-electron chi connectivity index (χ4n) is 8.53. The van der Waals surface area contributed by atoms with Crippen LogP contribution in [0.15, 0.2) is 36.4 Å². The number of ether oxygens (including phenoxy) is 3. The highest BCUT2D eigenvalue weighted by atomic mass is 16.6. The lowest BCUT2D eigenvalue weighted by Crippen LogP contribution is -2.53. The van der Waals surface area contributed by atoms with E-state index in [9.17, 15) is 14.4 Å². The number of carbonyl (C=O) groups is 3. The maximum atomic E-state index is 14.2. The molecule has 51 heavy (non-hydrogen) atoms. The summed E-state index contributed by atoms with van der Waals surface area (Å²) in [4.78, 5) is 49.2. The molecule has 7 rings (SSSR count). The van der Waals surface area contributed by atoms with Crippen molar-refractivity contribution in [3.8, 4) is 0 Å². The molecule has 5 aliphatic heterocycles. The molecule has 0 radical (unpaired) electrons. The number of nitrogens with one attached hydrogen (secondary N) is 3. The predicted octanol–water partition coefficient (Wildman–Crippen LogP) is 4.47. The minimum atomic E-state index is -0.954. The summed E-state index contributed by atoms with van der Waals surface area (Å²) in [6, 6.07) is 12.3. The van der Waals surface area contributed by atoms with Crippen LogP contribution in [0.1, 0.15) is 55.2 Å². The van der Waals surface area contributed by atoms with Crippen molar-refractivity contribution in [3.05, 3.63) is 53.1 Å². The summed E-state index contributed by atoms with van der Waals surface area (Å²) in [5, 5.41) is 9.70. The van der Waals surface area contributed by atoms with Crippen molar-refractivity contribution < 1.29 is 28.6 Å². The minimum Gasteiger partial charge on any atom is -0.436 e. The molecule has 0 aromatic heterocycles. The molecule has 1 unspecified atom stereocenters. The van der Waals surface area contributed by atoms with Crippen molar-refractivity contribution in [2.75, 3.05) is 76.0 Å². The van der Waals surface area contributed by atoms with Gasteiger partial charge in [-0.1, -0.05) is 24.3 Å². The number of nitrogens with zero attached hydrogens (tertiary/aromatic N) is 4. The summed E-state index contributed by atoms with van der Waals surface area (Å²) < 4.78 is 17.2. The van der Waals surface area contributed by atoms with Crippen molar-refractivity contribution in [3.63, 3.8) is 0 Å². The van der Waals surface area contributed by atoms with Crippen LogP contribution in [0.5, 0.6) is 0 Å². The Morgan fingerprint density at radius 1 is 0.824 bits per heavy atom. The summed E-state index contributed by atoms with van der Waals surface area (Å²) in [5.41, 5.74) is 5.79. The molecule has 2 aromatic rings. The van der Waals surface area contributed by atoms with E-state index < -0.39 is 12.2 Å². The van der Waals surface area contributed by atoms with Gasteiger partial charge >= 0.3 is 12.1 Å². The molecule has 2 atom stereocenters. The molecule has 0 bridgehead atoms. The SMILES string of the molecule is COC1CCN(C2CCN(C(=O)[C@@H](Cc3cc(C)c4c(c3)NC(OC)N4)OC(=O)N3CCC(N4CCc5ccccc5NC4=O)CC3)CC2)CC1. The topological polar surface area (TPSA) is 128 Å². The van der Waals surface area contributed by atoms with Crippen LogP contribution in [0, 0.1) is 6.92 Å². The van der Waals surface area contributed by atoms with E-state index in [1.165, 1.54) is 0 Å². The highest BCUT2D eigenvalue weighted by Crippen LogP contribution is 2.35. The number of piperidine rings is 3. The highest BCUT2D eigenvalue weighted by Gasteiger charge is 2.37. The molecule has 3 fully saturated rings. The molecular formula is C38H53N7O6. The molecule has 0 spiro atoms. The Kier molecular flexibility index (Phi) is 10.9. The number of aryl methyl sites for hydroxylation is 1. The van der Waals surface area contributed by atoms with Crippen LogP contribution in [0.2, 0.25) is 0 Å². The second-order valence-corrected chi connectivity index (χ2v) is 14.6. The fraction of sp³-hybridized carbons (Fsp3) is 0.605. The summed E-state index contributed by atoms with van der Waals surface area (Å²) in [6.45, 7) is 6.88. The van der Waals surface area contributed by atoms with Gasteiger partial charge in [-0.05, 0) is 80.7 Å². The highest BCUT2D eigenvalue weighted by molar-refractivity contribution is 5.91. The zero-order chi connectivity index (χ0) is 35.5. The third kappa shape index (κ3) is 7.90. The largest absolute Gasteiger partial charge is 0.436 e. The normalized spacial score (nSPS) is 22.7. The second kappa shape index (κ2) is 15.7. The number of urea groups is 1. The summed E-state index contributed by atoms with van der Waals surface area (Å²) in [5.74, 6) is -0.144. The molecule has 276 valence electrons. The van der Waals surface area contributed by atoms with Gasteiger partial charge in [-0.2, -0.15) is 0 Å². The zero-order valence-electron chi connectivity index (χ0n) is 30.2. The molecular weight excluding hydrogens is 650 g/mol. The number of carbonyl (C=O) groups excluding carboxylic acids is 3. The number of hydrogen-bond donors (Lipinski definition) is 3. The van der Waals surface area contributed by atoms with E-state index in [1.807, 2.05) is 47.1 Å². The van der Waals surface area contributed by atoms with E-state index in [0.29, 0.717) is 57.7 Å². The number of para-hydroxylation sites is 1. The second-order valence-electron chi connectivity index (χ2n) is 14.6. The molecule has 4 amide bonds. The van der Waals surface area contributed by atoms with Gasteiger partial charge in [0.05, 0.1) is 17.5 Å². The van der Waals surface area contributed by atoms with E-state index in [2.05, 4.69) is 26.9 Å². The van der Waals surface area contributed by atoms with Gasteiger partial charge in [0.15, 0.2) is 6.10 Å². The number of anilines is 3. The van der Waals surface area contributed by atoms with Crippen molar-refractivity contribution in [2.24, 2.45) is 0 Å². The molecule has 3 N–H and O–H groups in total. The maximum absolute atomic E-state index is 14.2. The van der Waals surface area contributed by atoms with Gasteiger partial charge in [0, 0.05) is 84.2 Å². The van der Waals surface area contributed by atoms with Crippen LogP contribution in [-0.4, -0.2) is 128 Å². The molecule has 3 saturated heterocycles. The first-order chi connectivity index (χ1) is 24.8. The van der Waals surface area contributed by atoms with Crippen LogP contribution in [0.3, 0.4) is 0 Å². The van der Waals surface area contributed by atoms with Crippen molar-refractivity contribution in [1.29, 1.82) is 0 Å². The lowest BCUT2D eigenvalue weighted by molar-refractivity contribution is -0.142. The van der Waals surface area contributed by atoms with Crippen LogP contribution in [0.4, 0.5) is 26.7 Å². The average molecular weight is 704 g/mol. The van der Waals surface area contributed by atoms with Gasteiger partial charge in [0.25, 0.3) is 5.91 Å². The standard InChI is InChI=1S/C38H53N7O6/c1-25-22-26(23-32-34(25)41-36(39-32)50-3)24-33(35(46)43-15-9-28(10-16-43)42-19-13-30(49-2)14-20-42)51-38(48)44-17-11-29(12-18-44)45-21-8-27-6-4-5-7-31(27)40-37(45)47/h4-7,22-23,28-30,33,36,39,41H,8-21,24H2,1-3H3,(H,40,47)/t33-,36?/m1/s1. The molecule has 13 nitrogen and oxygen atoms in total. The number of fused-ring (bicyclic) bond motifs is 2. The van der Waals surface area contributed by atoms with Gasteiger partial charge in [-0.25, -0.2) is 9.59 Å². The van der Waals surface area contributed by atoms with Crippen LogP contribution < -0.4 is 16.0 Å². The maximum Gasteiger partial charge on any atom is 0.410 e. The number of hydrogen-bond acceptors (Lipinski definition) is 9. The molecule has 5 heterocycles. The Morgan fingerprint density at radius 2 is 1.53 bits per heavy atom. The first-order valence-electron chi connectivity index (χ1n) is 18.7. The van der Waals surface area contributed by atoms with Crippen molar-refractivity contribution >= 4 is 35.1 Å². The molecule has 13 heteroatoms. The Morgan fingerprint density at radius 3 is 2.25 bits per heavy atom. The van der Waals surface area contributed by atoms with Gasteiger partial charge in [0.1, 0.15) is 0 Å². The first kappa shape index (κ1) is 35.3. The van der Waals surface area contributed by atoms with Gasteiger partial charge in [0.2, 0.25) is 6.35 Å². The Balaban J connectivity index is 0.996.